The predicted molar refractivity (Wildman–Crippen MR) is 128 cm³/mol. The number of hydrogen-bond donors (Lipinski definition) is 1. The van der Waals surface area contributed by atoms with E-state index in [1.165, 1.54) is 5.56 Å². The summed E-state index contributed by atoms with van der Waals surface area (Å²) >= 11 is 0. The van der Waals surface area contributed by atoms with Crippen molar-refractivity contribution in [1.29, 1.82) is 0 Å². The molecule has 2 fully saturated rings. The molecule has 1 atom stereocenters. The van der Waals surface area contributed by atoms with E-state index in [1.54, 1.807) is 4.90 Å². The molecule has 2 heterocycles. The van der Waals surface area contributed by atoms with Crippen LogP contribution < -0.4 is 10.2 Å². The first-order valence-corrected chi connectivity index (χ1v) is 11.7. The van der Waals surface area contributed by atoms with Crippen molar-refractivity contribution < 1.29 is 14.4 Å². The molecule has 3 amide bonds. The van der Waals surface area contributed by atoms with Gasteiger partial charge in [-0.15, -0.1) is 0 Å². The molecule has 2 saturated heterocycles. The Labute approximate surface area is 195 Å². The summed E-state index contributed by atoms with van der Waals surface area (Å²) in [5.41, 5.74) is 3.13. The lowest BCUT2D eigenvalue weighted by molar-refractivity contribution is -0.137. The highest BCUT2D eigenvalue weighted by Gasteiger charge is 2.38. The number of carbonyl (C=O) groups is 3. The van der Waals surface area contributed by atoms with Crippen LogP contribution in [0.15, 0.2) is 54.6 Å². The molecule has 2 aliphatic heterocycles. The summed E-state index contributed by atoms with van der Waals surface area (Å²) in [6.45, 7) is 5.86. The van der Waals surface area contributed by atoms with E-state index in [1.807, 2.05) is 59.5 Å². The van der Waals surface area contributed by atoms with Gasteiger partial charge in [0.15, 0.2) is 0 Å². The molecule has 0 aliphatic carbocycles. The lowest BCUT2D eigenvalue weighted by atomic mass is 10.1. The van der Waals surface area contributed by atoms with Gasteiger partial charge < -0.3 is 15.1 Å². The normalized spacial score (nSPS) is 19.1. The predicted octanol–water partition coefficient (Wildman–Crippen LogP) is 2.06. The molecule has 2 aromatic carbocycles. The number of nitrogens with zero attached hydrogens (tertiary/aromatic N) is 3. The Balaban J connectivity index is 1.23. The Morgan fingerprint density at radius 2 is 1.70 bits per heavy atom. The number of nitrogens with one attached hydrogen (secondary N) is 1. The van der Waals surface area contributed by atoms with E-state index < -0.39 is 0 Å². The van der Waals surface area contributed by atoms with E-state index in [0.29, 0.717) is 45.8 Å². The smallest absolute Gasteiger partial charge is 0.234 e. The molecule has 0 aromatic heterocycles. The van der Waals surface area contributed by atoms with Crippen LogP contribution in [0.1, 0.15) is 24.5 Å². The molecule has 1 N–H and O–H groups in total. The fourth-order valence-corrected chi connectivity index (χ4v) is 4.51. The van der Waals surface area contributed by atoms with Crippen LogP contribution in [0.5, 0.6) is 0 Å². The van der Waals surface area contributed by atoms with Gasteiger partial charge in [0.1, 0.15) is 0 Å². The van der Waals surface area contributed by atoms with Crippen LogP contribution in [0.2, 0.25) is 0 Å². The fourth-order valence-electron chi connectivity index (χ4n) is 4.51. The topological polar surface area (TPSA) is 73.0 Å². The highest BCUT2D eigenvalue weighted by atomic mass is 16.2. The summed E-state index contributed by atoms with van der Waals surface area (Å²) in [5.74, 6) is -0.255. The molecule has 174 valence electrons. The Morgan fingerprint density at radius 1 is 0.970 bits per heavy atom. The highest BCUT2D eigenvalue weighted by molar-refractivity contribution is 6.00. The maximum atomic E-state index is 13.1. The van der Waals surface area contributed by atoms with Crippen LogP contribution in [0, 0.1) is 5.92 Å². The average Bonchev–Trinajstić information content (AvgIpc) is 3.25. The fraction of sp³-hybridized carbons (Fsp3) is 0.423. The van der Waals surface area contributed by atoms with Crippen molar-refractivity contribution in [3.8, 4) is 0 Å². The summed E-state index contributed by atoms with van der Waals surface area (Å²) in [5, 5.41) is 2.95. The number of aryl methyl sites for hydroxylation is 1. The zero-order valence-corrected chi connectivity index (χ0v) is 19.2. The lowest BCUT2D eigenvalue weighted by Crippen LogP contribution is -2.52. The molecule has 7 nitrogen and oxygen atoms in total. The van der Waals surface area contributed by atoms with Gasteiger partial charge in [-0.3, -0.25) is 19.3 Å². The van der Waals surface area contributed by atoms with Gasteiger partial charge >= 0.3 is 0 Å². The minimum absolute atomic E-state index is 0.00929. The minimum Gasteiger partial charge on any atom is -0.351 e. The van der Waals surface area contributed by atoms with Crippen molar-refractivity contribution in [3.63, 3.8) is 0 Å². The molecule has 0 unspecified atom stereocenters. The number of carbonyl (C=O) groups excluding carboxylic acids is 3. The van der Waals surface area contributed by atoms with Gasteiger partial charge in [0.2, 0.25) is 17.7 Å². The van der Waals surface area contributed by atoms with E-state index >= 15 is 0 Å². The molecular formula is C26H32N4O3. The van der Waals surface area contributed by atoms with E-state index in [9.17, 15) is 14.4 Å². The maximum Gasteiger partial charge on any atom is 0.234 e. The second kappa shape index (κ2) is 10.6. The van der Waals surface area contributed by atoms with Crippen LogP contribution in [0.4, 0.5) is 5.69 Å². The van der Waals surface area contributed by atoms with Gasteiger partial charge in [-0.25, -0.2) is 0 Å². The number of benzene rings is 2. The minimum atomic E-state index is -0.302. The molecule has 0 spiro atoms. The van der Waals surface area contributed by atoms with Gasteiger partial charge in [-0.1, -0.05) is 49.4 Å². The molecule has 0 radical (unpaired) electrons. The van der Waals surface area contributed by atoms with Crippen molar-refractivity contribution in [1.82, 2.24) is 15.1 Å². The van der Waals surface area contributed by atoms with Crippen LogP contribution in [-0.4, -0.2) is 66.8 Å². The second-order valence-corrected chi connectivity index (χ2v) is 8.79. The summed E-state index contributed by atoms with van der Waals surface area (Å²) < 4.78 is 0. The first kappa shape index (κ1) is 23.0. The molecule has 33 heavy (non-hydrogen) atoms. The van der Waals surface area contributed by atoms with Crippen LogP contribution >= 0.6 is 0 Å². The van der Waals surface area contributed by atoms with Gasteiger partial charge in [0.05, 0.1) is 12.5 Å². The third-order valence-electron chi connectivity index (χ3n) is 6.49. The first-order valence-electron chi connectivity index (χ1n) is 11.7. The summed E-state index contributed by atoms with van der Waals surface area (Å²) in [6, 6.07) is 17.8. The monoisotopic (exact) mass is 448 g/mol. The number of hydrogen-bond acceptors (Lipinski definition) is 4. The van der Waals surface area contributed by atoms with Crippen molar-refractivity contribution in [2.45, 2.75) is 26.3 Å². The number of rotatable bonds is 7. The SMILES string of the molecule is CCc1cccc(N2C[C@H](C(=O)N3CCN(CC(=O)NCc4ccccc4)CC3)CC2=O)c1. The number of piperazine rings is 1. The molecule has 2 aromatic rings. The first-order chi connectivity index (χ1) is 16.0. The zero-order chi connectivity index (χ0) is 23.2. The lowest BCUT2D eigenvalue weighted by Gasteiger charge is -2.35. The van der Waals surface area contributed by atoms with Crippen LogP contribution in [0.25, 0.3) is 0 Å². The van der Waals surface area contributed by atoms with E-state index in [-0.39, 0.29) is 30.1 Å². The maximum absolute atomic E-state index is 13.1. The number of amides is 3. The third kappa shape index (κ3) is 5.79. The van der Waals surface area contributed by atoms with Crippen LogP contribution in [0.3, 0.4) is 0 Å². The summed E-state index contributed by atoms with van der Waals surface area (Å²) in [7, 11) is 0. The molecule has 0 saturated carbocycles. The van der Waals surface area contributed by atoms with Crippen molar-refractivity contribution in [3.05, 3.63) is 65.7 Å². The Kier molecular flexibility index (Phi) is 7.40. The van der Waals surface area contributed by atoms with Gasteiger partial charge in [-0.05, 0) is 29.7 Å². The summed E-state index contributed by atoms with van der Waals surface area (Å²) in [6.07, 6.45) is 1.17. The molecule has 2 aliphatic rings. The average molecular weight is 449 g/mol. The van der Waals surface area contributed by atoms with Crippen LogP contribution in [-0.2, 0) is 27.3 Å². The van der Waals surface area contributed by atoms with Gasteiger partial charge in [-0.2, -0.15) is 0 Å². The van der Waals surface area contributed by atoms with Gasteiger partial charge in [0, 0.05) is 51.4 Å². The summed E-state index contributed by atoms with van der Waals surface area (Å²) in [4.78, 5) is 43.7. The zero-order valence-electron chi connectivity index (χ0n) is 19.2. The van der Waals surface area contributed by atoms with Gasteiger partial charge in [0.25, 0.3) is 0 Å². The van der Waals surface area contributed by atoms with Crippen molar-refractivity contribution in [2.24, 2.45) is 5.92 Å². The molecular weight excluding hydrogens is 416 g/mol. The van der Waals surface area contributed by atoms with E-state index in [4.69, 9.17) is 0 Å². The Hall–Kier alpha value is -3.19. The van der Waals surface area contributed by atoms with E-state index in [2.05, 4.69) is 17.1 Å². The standard InChI is InChI=1S/C26H32N4O3/c1-2-20-9-6-10-23(15-20)30-18-22(16-25(30)32)26(33)29-13-11-28(12-14-29)19-24(31)27-17-21-7-4-3-5-8-21/h3-10,15,22H,2,11-14,16-19H2,1H3,(H,27,31)/t22-/m1/s1. The van der Waals surface area contributed by atoms with E-state index in [0.717, 1.165) is 17.7 Å². The van der Waals surface area contributed by atoms with Crippen molar-refractivity contribution in [2.75, 3.05) is 44.2 Å². The third-order valence-corrected chi connectivity index (χ3v) is 6.49. The largest absolute Gasteiger partial charge is 0.351 e. The van der Waals surface area contributed by atoms with Crippen molar-refractivity contribution >= 4 is 23.4 Å². The Bertz CT molecular complexity index is 986. The Morgan fingerprint density at radius 3 is 2.42 bits per heavy atom. The second-order valence-electron chi connectivity index (χ2n) is 8.79. The molecule has 4 rings (SSSR count). The molecule has 0 bridgehead atoms. The highest BCUT2D eigenvalue weighted by Crippen LogP contribution is 2.27. The molecule has 7 heteroatoms. The number of anilines is 1. The quantitative estimate of drug-likeness (QED) is 0.704.